The zero-order chi connectivity index (χ0) is 30.2. The third kappa shape index (κ3) is 7.17. The van der Waals surface area contributed by atoms with Crippen molar-refractivity contribution in [2.75, 3.05) is 0 Å². The molecule has 1 aliphatic carbocycles. The maximum atomic E-state index is 15.0. The molecular weight excluding hydrogens is 610 g/mol. The Morgan fingerprint density at radius 1 is 1.02 bits per heavy atom. The van der Waals surface area contributed by atoms with E-state index in [1.54, 1.807) is 0 Å². The van der Waals surface area contributed by atoms with Gasteiger partial charge in [-0.15, -0.1) is 0 Å². The number of hydrogen-bond acceptors (Lipinski definition) is 3. The summed E-state index contributed by atoms with van der Waals surface area (Å²) in [7, 11) is 0. The van der Waals surface area contributed by atoms with Gasteiger partial charge in [-0.1, -0.05) is 53.9 Å². The van der Waals surface area contributed by atoms with Gasteiger partial charge in [-0.2, -0.15) is 31.6 Å². The van der Waals surface area contributed by atoms with Crippen LogP contribution in [0.4, 0.5) is 30.7 Å². The number of benzene rings is 2. The molecule has 3 nitrogen and oxygen atoms in total. The normalized spacial score (nSPS) is 16.7. The van der Waals surface area contributed by atoms with Crippen molar-refractivity contribution in [3.05, 3.63) is 73.7 Å². The van der Waals surface area contributed by atoms with E-state index in [4.69, 9.17) is 40.1 Å². The van der Waals surface area contributed by atoms with Crippen LogP contribution in [0.2, 0.25) is 15.1 Å². The molecule has 0 aromatic heterocycles. The number of carbonyl (C=O) groups is 2. The molecule has 3 rings (SSSR count). The molecule has 0 radical (unpaired) electrons. The van der Waals surface area contributed by atoms with Crippen molar-refractivity contribution >= 4 is 52.2 Å². The van der Waals surface area contributed by atoms with Crippen molar-refractivity contribution in [1.82, 2.24) is 0 Å². The fraction of sp³-hybridized carbons (Fsp3) is 0.370. The minimum atomic E-state index is -5.15. The Bertz CT molecular complexity index is 1380. The maximum absolute atomic E-state index is 15.0. The predicted molar refractivity (Wildman–Crippen MR) is 136 cm³/mol. The van der Waals surface area contributed by atoms with Crippen molar-refractivity contribution in [2.24, 2.45) is 11.3 Å². The van der Waals surface area contributed by atoms with E-state index in [-0.39, 0.29) is 33.6 Å². The number of Topliss-reactive ketones (excluding diaryl/α,β-unsaturated/α-hetero) is 2. The molecule has 1 unspecified atom stereocenters. The summed E-state index contributed by atoms with van der Waals surface area (Å²) < 4.78 is 98.0. The number of ketones is 2. The van der Waals surface area contributed by atoms with E-state index in [9.17, 15) is 35.9 Å². The quantitative estimate of drug-likeness (QED) is 0.158. The average Bonchev–Trinajstić information content (AvgIpc) is 3.65. The Morgan fingerprint density at radius 3 is 2.08 bits per heavy atom. The van der Waals surface area contributed by atoms with E-state index in [2.05, 4.69) is 0 Å². The summed E-state index contributed by atoms with van der Waals surface area (Å²) in [5.74, 6) is -6.36. The SMILES string of the molecule is C[C@@H](CC(=O)c1ccc(/C(F)=C/C(c2cc(Cl)c(Cl)c(Cl)c2)C(F)(F)F)cc1C(F)(F)F)CC(=O)C1(C#N)CC1. The lowest BCUT2D eigenvalue weighted by molar-refractivity contribution is -0.140. The van der Waals surface area contributed by atoms with Gasteiger partial charge in [0, 0.05) is 24.0 Å². The first-order chi connectivity index (χ1) is 18.4. The molecule has 1 saturated carbocycles. The van der Waals surface area contributed by atoms with Crippen molar-refractivity contribution in [3.8, 4) is 6.07 Å². The highest BCUT2D eigenvalue weighted by molar-refractivity contribution is 6.48. The molecule has 13 heteroatoms. The first kappa shape index (κ1) is 31.9. The maximum Gasteiger partial charge on any atom is 0.417 e. The van der Waals surface area contributed by atoms with Gasteiger partial charge in [-0.25, -0.2) is 4.39 Å². The van der Waals surface area contributed by atoms with Crippen molar-refractivity contribution in [1.29, 1.82) is 5.26 Å². The molecule has 2 atom stereocenters. The molecular formula is C27H19Cl3F7NO2. The number of carbonyl (C=O) groups excluding carboxylic acids is 2. The van der Waals surface area contributed by atoms with Crippen LogP contribution in [0.25, 0.3) is 5.83 Å². The molecule has 2 aromatic rings. The molecule has 214 valence electrons. The molecule has 1 fully saturated rings. The van der Waals surface area contributed by atoms with Gasteiger partial charge in [0.15, 0.2) is 11.6 Å². The van der Waals surface area contributed by atoms with Crippen LogP contribution in [0.1, 0.15) is 65.6 Å². The van der Waals surface area contributed by atoms with Gasteiger partial charge in [-0.3, -0.25) is 9.59 Å². The fourth-order valence-electron chi connectivity index (χ4n) is 4.14. The van der Waals surface area contributed by atoms with Crippen molar-refractivity contribution in [2.45, 2.75) is 50.9 Å². The van der Waals surface area contributed by atoms with Gasteiger partial charge in [0.25, 0.3) is 0 Å². The third-order valence-corrected chi connectivity index (χ3v) is 7.69. The summed E-state index contributed by atoms with van der Waals surface area (Å²) in [4.78, 5) is 25.0. The van der Waals surface area contributed by atoms with Crippen LogP contribution in [0, 0.1) is 22.7 Å². The van der Waals surface area contributed by atoms with Crippen LogP contribution in [0.3, 0.4) is 0 Å². The third-order valence-electron chi connectivity index (χ3n) is 6.50. The van der Waals surface area contributed by atoms with Crippen molar-refractivity contribution < 1.29 is 40.3 Å². The molecule has 0 spiro atoms. The van der Waals surface area contributed by atoms with E-state index >= 15 is 4.39 Å². The molecule has 2 aromatic carbocycles. The van der Waals surface area contributed by atoms with Gasteiger partial charge >= 0.3 is 12.4 Å². The molecule has 0 aliphatic heterocycles. The number of rotatable bonds is 9. The van der Waals surface area contributed by atoms with Crippen LogP contribution in [0.5, 0.6) is 0 Å². The highest BCUT2D eigenvalue weighted by Crippen LogP contribution is 2.47. The molecule has 1 aliphatic rings. The van der Waals surface area contributed by atoms with Crippen LogP contribution in [0.15, 0.2) is 36.4 Å². The number of allylic oxidation sites excluding steroid dienone is 1. The molecule has 0 bridgehead atoms. The summed E-state index contributed by atoms with van der Waals surface area (Å²) in [5.41, 5.74) is -4.92. The van der Waals surface area contributed by atoms with Crippen LogP contribution in [-0.2, 0) is 11.0 Å². The van der Waals surface area contributed by atoms with Crippen LogP contribution in [-0.4, -0.2) is 17.7 Å². The van der Waals surface area contributed by atoms with Crippen molar-refractivity contribution in [3.63, 3.8) is 0 Å². The Morgan fingerprint density at radius 2 is 1.60 bits per heavy atom. The summed E-state index contributed by atoms with van der Waals surface area (Å²) in [6.07, 6.45) is -10.1. The Balaban J connectivity index is 1.93. The van der Waals surface area contributed by atoms with Crippen LogP contribution < -0.4 is 0 Å². The summed E-state index contributed by atoms with van der Waals surface area (Å²) in [5, 5.41) is 8.20. The average molecular weight is 629 g/mol. The smallest absolute Gasteiger partial charge is 0.298 e. The molecule has 0 N–H and O–H groups in total. The first-order valence-electron chi connectivity index (χ1n) is 11.7. The lowest BCUT2D eigenvalue weighted by Crippen LogP contribution is -2.20. The lowest BCUT2D eigenvalue weighted by atomic mass is 9.88. The summed E-state index contributed by atoms with van der Waals surface area (Å²) >= 11 is 17.3. The van der Waals surface area contributed by atoms with Gasteiger partial charge < -0.3 is 0 Å². The molecule has 0 heterocycles. The van der Waals surface area contributed by atoms with Gasteiger partial charge in [0.05, 0.1) is 26.7 Å². The Hall–Kier alpha value is -2.61. The van der Waals surface area contributed by atoms with Gasteiger partial charge in [0.1, 0.15) is 17.2 Å². The number of hydrogen-bond donors (Lipinski definition) is 0. The number of nitrogens with zero attached hydrogens (tertiary/aromatic N) is 1. The summed E-state index contributed by atoms with van der Waals surface area (Å²) in [6.45, 7) is 1.47. The van der Waals surface area contributed by atoms with E-state index in [0.717, 1.165) is 18.2 Å². The second-order valence-corrected chi connectivity index (χ2v) is 10.8. The van der Waals surface area contributed by atoms with E-state index < -0.39 is 75.7 Å². The minimum Gasteiger partial charge on any atom is -0.298 e. The fourth-order valence-corrected chi connectivity index (χ4v) is 4.75. The zero-order valence-electron chi connectivity index (χ0n) is 20.5. The zero-order valence-corrected chi connectivity index (χ0v) is 22.8. The lowest BCUT2D eigenvalue weighted by Gasteiger charge is -2.19. The Kier molecular flexibility index (Phi) is 9.34. The first-order valence-corrected chi connectivity index (χ1v) is 12.8. The molecule has 40 heavy (non-hydrogen) atoms. The van der Waals surface area contributed by atoms with E-state index in [1.165, 1.54) is 6.92 Å². The number of halogens is 10. The van der Waals surface area contributed by atoms with Gasteiger partial charge in [0.2, 0.25) is 0 Å². The largest absolute Gasteiger partial charge is 0.417 e. The standard InChI is InChI=1S/C27H19Cl3F7NO2/c1-13(7-23(40)25(12-38)4-5-25)6-22(39)16-3-2-14(8-18(16)27(35,36)37)21(31)11-17(26(32,33)34)15-9-19(28)24(30)20(29)10-15/h2-3,8-11,13,17H,4-7H2,1H3/b21-11-/t13-,17?/m0/s1. The number of alkyl halides is 6. The summed E-state index contributed by atoms with van der Waals surface area (Å²) in [6, 6.07) is 5.23. The Labute approximate surface area is 239 Å². The van der Waals surface area contributed by atoms with Crippen LogP contribution >= 0.6 is 34.8 Å². The topological polar surface area (TPSA) is 57.9 Å². The monoisotopic (exact) mass is 627 g/mol. The number of nitriles is 1. The van der Waals surface area contributed by atoms with E-state index in [1.807, 2.05) is 6.07 Å². The predicted octanol–water partition coefficient (Wildman–Crippen LogP) is 9.79. The molecule has 0 amide bonds. The van der Waals surface area contributed by atoms with E-state index in [0.29, 0.717) is 18.9 Å². The molecule has 0 saturated heterocycles. The second-order valence-electron chi connectivity index (χ2n) is 9.64. The highest BCUT2D eigenvalue weighted by atomic mass is 35.5. The van der Waals surface area contributed by atoms with Gasteiger partial charge in [-0.05, 0) is 48.6 Å². The highest BCUT2D eigenvalue weighted by Gasteiger charge is 2.50. The minimum absolute atomic E-state index is 0.0729. The second kappa shape index (κ2) is 11.7.